The Hall–Kier alpha value is -2.40. The molecule has 1 fully saturated rings. The van der Waals surface area contributed by atoms with Crippen molar-refractivity contribution in [2.24, 2.45) is 0 Å². The van der Waals surface area contributed by atoms with E-state index in [2.05, 4.69) is 36.2 Å². The van der Waals surface area contributed by atoms with Crippen LogP contribution in [0, 0.1) is 0 Å². The number of carbonyl (C=O) groups is 1. The monoisotopic (exact) mass is 364 g/mol. The van der Waals surface area contributed by atoms with Crippen LogP contribution in [0.15, 0.2) is 43.0 Å². The van der Waals surface area contributed by atoms with Crippen LogP contribution in [0.3, 0.4) is 0 Å². The quantitative estimate of drug-likeness (QED) is 0.802. The molecule has 1 saturated heterocycles. The summed E-state index contributed by atoms with van der Waals surface area (Å²) < 4.78 is 1.99. The first-order valence-corrected chi connectivity index (χ1v) is 10.0. The van der Waals surface area contributed by atoms with Crippen molar-refractivity contribution in [1.82, 2.24) is 20.0 Å². The third-order valence-corrected chi connectivity index (χ3v) is 5.68. The summed E-state index contributed by atoms with van der Waals surface area (Å²) >= 11 is 0. The first-order valence-electron chi connectivity index (χ1n) is 10.0. The molecule has 4 rings (SSSR count). The van der Waals surface area contributed by atoms with Gasteiger partial charge in [-0.2, -0.15) is 5.10 Å². The van der Waals surface area contributed by atoms with Crippen molar-refractivity contribution in [3.63, 3.8) is 0 Å². The Labute approximate surface area is 161 Å². The predicted molar refractivity (Wildman–Crippen MR) is 107 cm³/mol. The van der Waals surface area contributed by atoms with E-state index in [-0.39, 0.29) is 5.91 Å². The molecule has 1 aliphatic heterocycles. The van der Waals surface area contributed by atoms with E-state index in [4.69, 9.17) is 5.10 Å². The van der Waals surface area contributed by atoms with E-state index in [0.717, 1.165) is 57.3 Å². The lowest BCUT2D eigenvalue weighted by Gasteiger charge is -2.25. The zero-order chi connectivity index (χ0) is 18.6. The van der Waals surface area contributed by atoms with E-state index < -0.39 is 0 Å². The molecule has 1 atom stereocenters. The van der Waals surface area contributed by atoms with E-state index in [1.807, 2.05) is 21.7 Å². The molecule has 5 heteroatoms. The largest absolute Gasteiger partial charge is 0.337 e. The molecule has 142 valence electrons. The molecular formula is C22H28N4O. The summed E-state index contributed by atoms with van der Waals surface area (Å²) in [6.45, 7) is 7.09. The molecular weight excluding hydrogens is 336 g/mol. The van der Waals surface area contributed by atoms with Crippen molar-refractivity contribution in [3.8, 4) is 0 Å². The summed E-state index contributed by atoms with van der Waals surface area (Å²) in [5.41, 5.74) is 4.32. The van der Waals surface area contributed by atoms with Gasteiger partial charge in [-0.05, 0) is 37.7 Å². The fourth-order valence-electron chi connectivity index (χ4n) is 4.24. The maximum absolute atomic E-state index is 13.0. The molecule has 1 aromatic heterocycles. The molecule has 2 heterocycles. The van der Waals surface area contributed by atoms with Gasteiger partial charge in [0.2, 0.25) is 0 Å². The second-order valence-corrected chi connectivity index (χ2v) is 7.55. The molecule has 5 nitrogen and oxygen atoms in total. The number of fused-ring (bicyclic) bond motifs is 1. The Bertz CT molecular complexity index is 805. The molecule has 1 aliphatic carbocycles. The number of hydrogen-bond donors (Lipinski definition) is 1. The smallest absolute Gasteiger partial charge is 0.274 e. The molecule has 1 unspecified atom stereocenters. The Balaban J connectivity index is 1.53. The normalized spacial score (nSPS) is 19.1. The first-order chi connectivity index (χ1) is 13.3. The summed E-state index contributed by atoms with van der Waals surface area (Å²) in [4.78, 5) is 15.0. The third kappa shape index (κ3) is 3.83. The lowest BCUT2D eigenvalue weighted by Crippen LogP contribution is -2.35. The van der Waals surface area contributed by atoms with Crippen LogP contribution in [0.4, 0.5) is 0 Å². The topological polar surface area (TPSA) is 50.2 Å². The number of nitrogens with one attached hydrogen (secondary N) is 1. The SMILES string of the molecule is C=CCn1nc(C(=O)N2CCCC2)c2c1CCC(NCc1ccccc1)C2. The molecule has 2 aromatic rings. The minimum Gasteiger partial charge on any atom is -0.337 e. The van der Waals surface area contributed by atoms with Gasteiger partial charge in [-0.15, -0.1) is 6.58 Å². The van der Waals surface area contributed by atoms with Crippen LogP contribution < -0.4 is 5.32 Å². The van der Waals surface area contributed by atoms with Gasteiger partial charge in [0.05, 0.1) is 6.54 Å². The highest BCUT2D eigenvalue weighted by Gasteiger charge is 2.31. The predicted octanol–water partition coefficient (Wildman–Crippen LogP) is 2.95. The standard InChI is InChI=1S/C22H28N4O/c1-2-12-26-20-11-10-18(23-16-17-8-4-3-5-9-17)15-19(20)21(24-26)22(27)25-13-6-7-14-25/h2-5,8-9,18,23H,1,6-7,10-16H2. The van der Waals surface area contributed by atoms with Crippen molar-refractivity contribution in [2.75, 3.05) is 13.1 Å². The molecule has 0 saturated carbocycles. The van der Waals surface area contributed by atoms with Crippen LogP contribution in [0.25, 0.3) is 0 Å². The Morgan fingerprint density at radius 1 is 1.26 bits per heavy atom. The molecule has 0 bridgehead atoms. The summed E-state index contributed by atoms with van der Waals surface area (Å²) in [6.07, 6.45) is 6.95. The highest BCUT2D eigenvalue weighted by atomic mass is 16.2. The van der Waals surface area contributed by atoms with Gasteiger partial charge in [0.25, 0.3) is 5.91 Å². The molecule has 2 aliphatic rings. The van der Waals surface area contributed by atoms with Gasteiger partial charge < -0.3 is 10.2 Å². The van der Waals surface area contributed by atoms with Crippen LogP contribution in [-0.4, -0.2) is 39.7 Å². The van der Waals surface area contributed by atoms with E-state index in [1.54, 1.807) is 0 Å². The molecule has 1 N–H and O–H groups in total. The van der Waals surface area contributed by atoms with Crippen molar-refractivity contribution in [3.05, 3.63) is 65.5 Å². The van der Waals surface area contributed by atoms with Crippen LogP contribution in [0.1, 0.15) is 46.6 Å². The minimum atomic E-state index is 0.107. The summed E-state index contributed by atoms with van der Waals surface area (Å²) in [5, 5.41) is 8.38. The van der Waals surface area contributed by atoms with Gasteiger partial charge in [0.1, 0.15) is 0 Å². The van der Waals surface area contributed by atoms with Gasteiger partial charge in [-0.1, -0.05) is 36.4 Å². The van der Waals surface area contributed by atoms with E-state index in [1.165, 1.54) is 11.3 Å². The van der Waals surface area contributed by atoms with Crippen LogP contribution in [-0.2, 0) is 25.9 Å². The fraction of sp³-hybridized carbons (Fsp3) is 0.455. The zero-order valence-electron chi connectivity index (χ0n) is 15.9. The van der Waals surface area contributed by atoms with Gasteiger partial charge in [0.15, 0.2) is 5.69 Å². The second kappa shape index (κ2) is 8.09. The molecule has 27 heavy (non-hydrogen) atoms. The van der Waals surface area contributed by atoms with E-state index in [9.17, 15) is 4.79 Å². The number of allylic oxidation sites excluding steroid dienone is 1. The number of hydrogen-bond acceptors (Lipinski definition) is 3. The first kappa shape index (κ1) is 18.0. The fourth-order valence-corrected chi connectivity index (χ4v) is 4.24. The highest BCUT2D eigenvalue weighted by Crippen LogP contribution is 2.27. The van der Waals surface area contributed by atoms with Crippen LogP contribution in [0.5, 0.6) is 0 Å². The number of carbonyl (C=O) groups excluding carboxylic acids is 1. The zero-order valence-corrected chi connectivity index (χ0v) is 15.9. The molecule has 0 radical (unpaired) electrons. The second-order valence-electron chi connectivity index (χ2n) is 7.55. The summed E-state index contributed by atoms with van der Waals surface area (Å²) in [6, 6.07) is 10.9. The number of nitrogens with zero attached hydrogens (tertiary/aromatic N) is 3. The lowest BCUT2D eigenvalue weighted by molar-refractivity contribution is 0.0785. The Morgan fingerprint density at radius 2 is 2.04 bits per heavy atom. The summed E-state index contributed by atoms with van der Waals surface area (Å²) in [7, 11) is 0. The van der Waals surface area contributed by atoms with Crippen molar-refractivity contribution < 1.29 is 4.79 Å². The van der Waals surface area contributed by atoms with Crippen LogP contribution in [0.2, 0.25) is 0 Å². The Kier molecular flexibility index (Phi) is 5.39. The lowest BCUT2D eigenvalue weighted by atomic mass is 9.91. The average molecular weight is 364 g/mol. The highest BCUT2D eigenvalue weighted by molar-refractivity contribution is 5.94. The maximum Gasteiger partial charge on any atom is 0.274 e. The number of rotatable bonds is 6. The number of amides is 1. The average Bonchev–Trinajstić information content (AvgIpc) is 3.36. The minimum absolute atomic E-state index is 0.107. The van der Waals surface area contributed by atoms with Gasteiger partial charge in [0, 0.05) is 36.9 Å². The molecule has 1 aromatic carbocycles. The molecule has 1 amide bonds. The van der Waals surface area contributed by atoms with Crippen molar-refractivity contribution >= 4 is 5.91 Å². The van der Waals surface area contributed by atoms with Crippen molar-refractivity contribution in [2.45, 2.75) is 51.2 Å². The third-order valence-electron chi connectivity index (χ3n) is 5.68. The van der Waals surface area contributed by atoms with Gasteiger partial charge in [-0.3, -0.25) is 9.48 Å². The Morgan fingerprint density at radius 3 is 2.78 bits per heavy atom. The number of likely N-dealkylation sites (tertiary alicyclic amines) is 1. The van der Waals surface area contributed by atoms with Gasteiger partial charge in [-0.25, -0.2) is 0 Å². The molecule has 0 spiro atoms. The van der Waals surface area contributed by atoms with Crippen LogP contribution >= 0.6 is 0 Å². The summed E-state index contributed by atoms with van der Waals surface area (Å²) in [5.74, 6) is 0.107. The van der Waals surface area contributed by atoms with Crippen molar-refractivity contribution in [1.29, 1.82) is 0 Å². The van der Waals surface area contributed by atoms with E-state index >= 15 is 0 Å². The number of benzene rings is 1. The van der Waals surface area contributed by atoms with Gasteiger partial charge >= 0.3 is 0 Å². The van der Waals surface area contributed by atoms with E-state index in [0.29, 0.717) is 18.3 Å². The maximum atomic E-state index is 13.0. The number of aromatic nitrogens is 2.